The van der Waals surface area contributed by atoms with Crippen LogP contribution in [0.5, 0.6) is 5.75 Å². The standard InChI is InChI=1S/C17H23F2NO4S/c1-2-5-25(22,23)20-9-11-6-16(21)17(7-12(11)10-20)24-13-3-4-14(18)15(19)8-13/h3-4,8,11-12,16-17,21H,2,5-7,9-10H2,1H3/t11-,12+,16+,17+/m0/s1. The number of nitrogens with zero attached hydrogens (tertiary/aromatic N) is 1. The zero-order valence-electron chi connectivity index (χ0n) is 14.1. The fourth-order valence-corrected chi connectivity index (χ4v) is 5.42. The molecule has 1 saturated carbocycles. The van der Waals surface area contributed by atoms with Crippen LogP contribution in [0.15, 0.2) is 18.2 Å². The fraction of sp³-hybridized carbons (Fsp3) is 0.647. The molecule has 0 unspecified atom stereocenters. The number of hydrogen-bond acceptors (Lipinski definition) is 4. The minimum absolute atomic E-state index is 0.102. The highest BCUT2D eigenvalue weighted by Gasteiger charge is 2.45. The van der Waals surface area contributed by atoms with Crippen LogP contribution in [0.4, 0.5) is 8.78 Å². The molecule has 0 radical (unpaired) electrons. The highest BCUT2D eigenvalue weighted by Crippen LogP contribution is 2.39. The second-order valence-electron chi connectivity index (χ2n) is 6.92. The zero-order chi connectivity index (χ0) is 18.2. The van der Waals surface area contributed by atoms with Crippen molar-refractivity contribution in [3.8, 4) is 5.75 Å². The molecule has 8 heteroatoms. The summed E-state index contributed by atoms with van der Waals surface area (Å²) in [6, 6.07) is 3.27. The molecular weight excluding hydrogens is 352 g/mol. The van der Waals surface area contributed by atoms with Gasteiger partial charge in [0, 0.05) is 19.2 Å². The lowest BCUT2D eigenvalue weighted by molar-refractivity contribution is -0.0233. The molecule has 1 heterocycles. The van der Waals surface area contributed by atoms with Crippen molar-refractivity contribution in [2.75, 3.05) is 18.8 Å². The van der Waals surface area contributed by atoms with Crippen molar-refractivity contribution in [1.29, 1.82) is 0 Å². The van der Waals surface area contributed by atoms with E-state index in [4.69, 9.17) is 4.74 Å². The third kappa shape index (κ3) is 3.96. The van der Waals surface area contributed by atoms with Gasteiger partial charge in [0.05, 0.1) is 11.9 Å². The van der Waals surface area contributed by atoms with Crippen LogP contribution in [0.3, 0.4) is 0 Å². The zero-order valence-corrected chi connectivity index (χ0v) is 14.9. The molecule has 3 rings (SSSR count). The number of halogens is 2. The van der Waals surface area contributed by atoms with E-state index >= 15 is 0 Å². The van der Waals surface area contributed by atoms with Crippen LogP contribution in [-0.4, -0.2) is 48.9 Å². The summed E-state index contributed by atoms with van der Waals surface area (Å²) >= 11 is 0. The Morgan fingerprint density at radius 3 is 2.52 bits per heavy atom. The van der Waals surface area contributed by atoms with Gasteiger partial charge in [0.25, 0.3) is 0 Å². The molecule has 5 nitrogen and oxygen atoms in total. The molecule has 25 heavy (non-hydrogen) atoms. The van der Waals surface area contributed by atoms with Crippen LogP contribution in [-0.2, 0) is 10.0 Å². The van der Waals surface area contributed by atoms with Gasteiger partial charge in [-0.15, -0.1) is 0 Å². The van der Waals surface area contributed by atoms with Crippen LogP contribution in [0.1, 0.15) is 26.2 Å². The number of sulfonamides is 1. The van der Waals surface area contributed by atoms with Crippen molar-refractivity contribution >= 4 is 10.0 Å². The van der Waals surface area contributed by atoms with Crippen molar-refractivity contribution in [3.05, 3.63) is 29.8 Å². The largest absolute Gasteiger partial charge is 0.488 e. The quantitative estimate of drug-likeness (QED) is 0.856. The summed E-state index contributed by atoms with van der Waals surface area (Å²) in [5.74, 6) is -1.46. The van der Waals surface area contributed by atoms with Gasteiger partial charge in [0.2, 0.25) is 10.0 Å². The molecule has 2 fully saturated rings. The summed E-state index contributed by atoms with van der Waals surface area (Å²) in [5.41, 5.74) is 0. The van der Waals surface area contributed by atoms with Crippen LogP contribution in [0.2, 0.25) is 0 Å². The van der Waals surface area contributed by atoms with E-state index in [-0.39, 0.29) is 23.3 Å². The summed E-state index contributed by atoms with van der Waals surface area (Å²) in [6.07, 6.45) is 0.182. The highest BCUT2D eigenvalue weighted by atomic mass is 32.2. The van der Waals surface area contributed by atoms with Crippen LogP contribution in [0, 0.1) is 23.5 Å². The van der Waals surface area contributed by atoms with Crippen molar-refractivity contribution in [2.45, 2.75) is 38.4 Å². The van der Waals surface area contributed by atoms with Gasteiger partial charge in [0.1, 0.15) is 11.9 Å². The molecule has 140 valence electrons. The molecule has 2 aliphatic rings. The predicted molar refractivity (Wildman–Crippen MR) is 88.6 cm³/mol. The van der Waals surface area contributed by atoms with Crippen molar-refractivity contribution in [3.63, 3.8) is 0 Å². The Bertz CT molecular complexity index is 727. The molecular formula is C17H23F2NO4S. The van der Waals surface area contributed by atoms with Gasteiger partial charge in [-0.05, 0) is 43.2 Å². The SMILES string of the molecule is CCCS(=O)(=O)N1C[C@H]2C[C@@H](Oc3ccc(F)c(F)c3)[C@H](O)C[C@H]2C1. The topological polar surface area (TPSA) is 66.8 Å². The maximum atomic E-state index is 13.3. The smallest absolute Gasteiger partial charge is 0.214 e. The first-order chi connectivity index (χ1) is 11.8. The van der Waals surface area contributed by atoms with E-state index < -0.39 is 33.9 Å². The summed E-state index contributed by atoms with van der Waals surface area (Å²) in [4.78, 5) is 0. The van der Waals surface area contributed by atoms with E-state index in [2.05, 4.69) is 0 Å². The Kier molecular flexibility index (Phi) is 5.31. The highest BCUT2D eigenvalue weighted by molar-refractivity contribution is 7.89. The average molecular weight is 375 g/mol. The minimum atomic E-state index is -3.25. The number of hydrogen-bond donors (Lipinski definition) is 1. The van der Waals surface area contributed by atoms with Gasteiger partial charge in [0.15, 0.2) is 11.6 Å². The number of ether oxygens (including phenoxy) is 1. The molecule has 1 aliphatic heterocycles. The molecule has 1 N–H and O–H groups in total. The Hall–Kier alpha value is -1.25. The molecule has 1 aromatic rings. The van der Waals surface area contributed by atoms with Gasteiger partial charge in [-0.1, -0.05) is 6.92 Å². The molecule has 1 aliphatic carbocycles. The molecule has 0 amide bonds. The monoisotopic (exact) mass is 375 g/mol. The van der Waals surface area contributed by atoms with E-state index in [1.807, 2.05) is 6.92 Å². The van der Waals surface area contributed by atoms with E-state index in [9.17, 15) is 22.3 Å². The van der Waals surface area contributed by atoms with Crippen molar-refractivity contribution < 1.29 is 27.0 Å². The number of rotatable bonds is 5. The second kappa shape index (κ2) is 7.17. The number of aliphatic hydroxyl groups is 1. The number of aliphatic hydroxyl groups excluding tert-OH is 1. The lowest BCUT2D eigenvalue weighted by Crippen LogP contribution is -2.42. The molecule has 1 saturated heterocycles. The van der Waals surface area contributed by atoms with E-state index in [0.717, 1.165) is 12.1 Å². The Morgan fingerprint density at radius 2 is 1.88 bits per heavy atom. The Morgan fingerprint density at radius 1 is 1.20 bits per heavy atom. The molecule has 0 spiro atoms. The van der Waals surface area contributed by atoms with E-state index in [1.165, 1.54) is 10.4 Å². The normalized spacial score (nSPS) is 30.2. The Balaban J connectivity index is 1.67. The number of fused-ring (bicyclic) bond motifs is 1. The van der Waals surface area contributed by atoms with Gasteiger partial charge in [-0.3, -0.25) is 0 Å². The average Bonchev–Trinajstić information content (AvgIpc) is 2.95. The van der Waals surface area contributed by atoms with E-state index in [0.29, 0.717) is 32.4 Å². The first kappa shape index (κ1) is 18.5. The van der Waals surface area contributed by atoms with Crippen LogP contribution < -0.4 is 4.74 Å². The maximum Gasteiger partial charge on any atom is 0.214 e. The Labute approximate surface area is 146 Å². The second-order valence-corrected chi connectivity index (χ2v) is 9.01. The summed E-state index contributed by atoms with van der Waals surface area (Å²) < 4.78 is 58.0. The fourth-order valence-electron chi connectivity index (χ4n) is 3.81. The summed E-state index contributed by atoms with van der Waals surface area (Å²) in [7, 11) is -3.25. The molecule has 4 atom stereocenters. The van der Waals surface area contributed by atoms with Gasteiger partial charge in [-0.25, -0.2) is 21.5 Å². The predicted octanol–water partition coefficient (Wildman–Crippen LogP) is 2.15. The summed E-state index contributed by atoms with van der Waals surface area (Å²) in [6.45, 7) is 2.69. The molecule has 0 aromatic heterocycles. The van der Waals surface area contributed by atoms with E-state index in [1.54, 1.807) is 0 Å². The minimum Gasteiger partial charge on any atom is -0.488 e. The van der Waals surface area contributed by atoms with Gasteiger partial charge < -0.3 is 9.84 Å². The summed E-state index contributed by atoms with van der Waals surface area (Å²) in [5, 5.41) is 10.3. The van der Waals surface area contributed by atoms with Crippen molar-refractivity contribution in [2.24, 2.45) is 11.8 Å². The van der Waals surface area contributed by atoms with Crippen molar-refractivity contribution in [1.82, 2.24) is 4.31 Å². The first-order valence-corrected chi connectivity index (χ1v) is 10.2. The third-order valence-corrected chi connectivity index (χ3v) is 7.09. The van der Waals surface area contributed by atoms with Crippen LogP contribution >= 0.6 is 0 Å². The lowest BCUT2D eigenvalue weighted by Gasteiger charge is -2.35. The number of benzene rings is 1. The van der Waals surface area contributed by atoms with Gasteiger partial charge in [-0.2, -0.15) is 0 Å². The first-order valence-electron chi connectivity index (χ1n) is 8.57. The van der Waals surface area contributed by atoms with Crippen LogP contribution in [0.25, 0.3) is 0 Å². The maximum absolute atomic E-state index is 13.3. The molecule has 0 bridgehead atoms. The third-order valence-electron chi connectivity index (χ3n) is 5.09. The van der Waals surface area contributed by atoms with Gasteiger partial charge >= 0.3 is 0 Å². The molecule has 1 aromatic carbocycles. The lowest BCUT2D eigenvalue weighted by atomic mass is 9.78.